The molecule has 0 saturated carbocycles. The summed E-state index contributed by atoms with van der Waals surface area (Å²) >= 11 is 0. The molecule has 0 amide bonds. The van der Waals surface area contributed by atoms with Crippen molar-refractivity contribution in [3.8, 4) is 0 Å². The van der Waals surface area contributed by atoms with Gasteiger partial charge in [-0.1, -0.05) is 0 Å². The van der Waals surface area contributed by atoms with E-state index in [0.717, 1.165) is 0 Å². The molecule has 0 saturated heterocycles. The van der Waals surface area contributed by atoms with Gasteiger partial charge in [-0.3, -0.25) is 0 Å². The second-order valence-electron chi connectivity index (χ2n) is 0. The fraction of sp³-hybridized carbons (Fsp3) is 0. The van der Waals surface area contributed by atoms with Crippen molar-refractivity contribution >= 4 is 27.3 Å². The molecule has 4 heavy (non-hydrogen) atoms. The van der Waals surface area contributed by atoms with E-state index in [2.05, 4.69) is 0 Å². The number of hydrogen-bond acceptors (Lipinski definition) is 1. The van der Waals surface area contributed by atoms with Crippen molar-refractivity contribution in [1.29, 1.82) is 5.26 Å². The summed E-state index contributed by atoms with van der Waals surface area (Å²) in [5, 5.41) is 6.25. The van der Waals surface area contributed by atoms with Gasteiger partial charge in [-0.2, -0.15) is 0 Å². The van der Waals surface area contributed by atoms with Crippen molar-refractivity contribution < 1.29 is 22.4 Å². The van der Waals surface area contributed by atoms with E-state index in [-0.39, 0.29) is 49.7 Å². The van der Waals surface area contributed by atoms with E-state index in [1.54, 1.807) is 0 Å². The zero-order valence-electron chi connectivity index (χ0n) is 1.96. The van der Waals surface area contributed by atoms with Crippen molar-refractivity contribution in [2.24, 2.45) is 0 Å². The summed E-state index contributed by atoms with van der Waals surface area (Å²) in [6.07, 6.45) is 0. The van der Waals surface area contributed by atoms with Gasteiger partial charge in [0, 0.05) is 0 Å². The van der Waals surface area contributed by atoms with Crippen molar-refractivity contribution in [3.05, 3.63) is 6.57 Å². The molecule has 0 unspecified atom stereocenters. The molecule has 26 valence electrons. The molecular formula is CH2AuNPb. The van der Waals surface area contributed by atoms with E-state index >= 15 is 0 Å². The van der Waals surface area contributed by atoms with Gasteiger partial charge in [0.1, 0.15) is 0 Å². The molecule has 0 fully saturated rings. The predicted molar refractivity (Wildman–Crippen MR) is 13.5 cm³/mol. The molecule has 0 spiro atoms. The quantitative estimate of drug-likeness (QED) is 0.363. The molecule has 0 rings (SSSR count). The first-order valence-corrected chi connectivity index (χ1v) is 0.224. The number of hydrogen-bond donors (Lipinski definition) is 0. The second-order valence-corrected chi connectivity index (χ2v) is 0. The Morgan fingerprint density at radius 2 is 1.25 bits per heavy atom. The van der Waals surface area contributed by atoms with Crippen LogP contribution in [0.25, 0.3) is 0 Å². The SMILES string of the molecule is [Au+].[C-]#N.[PbH2]. The molecule has 0 aliphatic rings. The van der Waals surface area contributed by atoms with Gasteiger partial charge in [0.25, 0.3) is 0 Å². The van der Waals surface area contributed by atoms with E-state index in [1.165, 1.54) is 0 Å². The summed E-state index contributed by atoms with van der Waals surface area (Å²) in [5.41, 5.74) is 0. The monoisotopic (exact) mass is 433 g/mol. The molecule has 0 aliphatic heterocycles. The molecular weight excluding hydrogens is 430 g/mol. The van der Waals surface area contributed by atoms with Gasteiger partial charge >= 0.3 is 49.7 Å². The van der Waals surface area contributed by atoms with E-state index in [0.29, 0.717) is 0 Å². The zero-order valence-corrected chi connectivity index (χ0v) is 9.62. The molecule has 0 bridgehead atoms. The van der Waals surface area contributed by atoms with Crippen LogP contribution in [-0.4, -0.2) is 27.3 Å². The summed E-state index contributed by atoms with van der Waals surface area (Å²) in [6.45, 7) is 4.75. The van der Waals surface area contributed by atoms with Gasteiger partial charge in [0.15, 0.2) is 0 Å². The van der Waals surface area contributed by atoms with Gasteiger partial charge in [-0.15, -0.1) is 0 Å². The molecule has 0 aliphatic carbocycles. The summed E-state index contributed by atoms with van der Waals surface area (Å²) in [6, 6.07) is 0. The third kappa shape index (κ3) is 11.0. The van der Waals surface area contributed by atoms with Crippen molar-refractivity contribution in [2.75, 3.05) is 0 Å². The van der Waals surface area contributed by atoms with Crippen molar-refractivity contribution in [1.82, 2.24) is 0 Å². The Morgan fingerprint density at radius 1 is 1.25 bits per heavy atom. The third-order valence-corrected chi connectivity index (χ3v) is 0. The van der Waals surface area contributed by atoms with Gasteiger partial charge < -0.3 is 11.8 Å². The zero-order chi connectivity index (χ0) is 2.00. The van der Waals surface area contributed by atoms with E-state index in [4.69, 9.17) is 11.8 Å². The maximum atomic E-state index is 6.25. The first-order valence-electron chi connectivity index (χ1n) is 0.224. The Kier molecular flexibility index (Phi) is 149. The minimum atomic E-state index is 0. The van der Waals surface area contributed by atoms with Crippen LogP contribution in [0.1, 0.15) is 0 Å². The van der Waals surface area contributed by atoms with Gasteiger partial charge in [-0.25, -0.2) is 0 Å². The molecule has 0 aromatic heterocycles. The van der Waals surface area contributed by atoms with Gasteiger partial charge in [0.2, 0.25) is 0 Å². The Bertz CT molecular complexity index is 12.8. The minimum absolute atomic E-state index is 0. The Balaban J connectivity index is -0.00000000500. The molecule has 1 nitrogen and oxygen atoms in total. The van der Waals surface area contributed by atoms with Crippen LogP contribution in [0.15, 0.2) is 0 Å². The third-order valence-electron chi connectivity index (χ3n) is 0. The summed E-state index contributed by atoms with van der Waals surface area (Å²) in [7, 11) is 0. The fourth-order valence-electron chi connectivity index (χ4n) is 0. The predicted octanol–water partition coefficient (Wildman–Crippen LogP) is -0.822. The van der Waals surface area contributed by atoms with Crippen LogP contribution < -0.4 is 0 Å². The van der Waals surface area contributed by atoms with E-state index < -0.39 is 0 Å². The topological polar surface area (TPSA) is 23.8 Å². The molecule has 0 atom stereocenters. The van der Waals surface area contributed by atoms with E-state index in [9.17, 15) is 0 Å². The van der Waals surface area contributed by atoms with Gasteiger partial charge in [0.05, 0.1) is 0 Å². The average Bonchev–Trinajstić information content (AvgIpc) is 1.00. The Labute approximate surface area is 61.0 Å². The van der Waals surface area contributed by atoms with Crippen LogP contribution in [0.5, 0.6) is 0 Å². The number of nitrogens with zero attached hydrogens (tertiary/aromatic N) is 1. The maximum absolute atomic E-state index is 6.25. The number of rotatable bonds is 0. The summed E-state index contributed by atoms with van der Waals surface area (Å²) < 4.78 is 0. The van der Waals surface area contributed by atoms with Gasteiger partial charge in [-0.05, 0) is 0 Å². The first kappa shape index (κ1) is 19.2. The molecule has 0 aromatic carbocycles. The molecule has 0 heterocycles. The van der Waals surface area contributed by atoms with Crippen LogP contribution in [0.4, 0.5) is 0 Å². The standard InChI is InChI=1S/CN.Au.Pb.2H/c1-2;;;;/q-1;+1;;;. The van der Waals surface area contributed by atoms with Crippen LogP contribution in [0.2, 0.25) is 0 Å². The summed E-state index contributed by atoms with van der Waals surface area (Å²) in [5.74, 6) is 0. The van der Waals surface area contributed by atoms with E-state index in [1.807, 2.05) is 0 Å². The normalized spacial score (nSPS) is 0.500. The molecule has 0 aromatic rings. The van der Waals surface area contributed by atoms with Crippen LogP contribution in [0.3, 0.4) is 0 Å². The average molecular weight is 432 g/mol. The van der Waals surface area contributed by atoms with Crippen molar-refractivity contribution in [2.45, 2.75) is 0 Å². The fourth-order valence-corrected chi connectivity index (χ4v) is 0. The second kappa shape index (κ2) is 31.1. The van der Waals surface area contributed by atoms with Crippen LogP contribution in [-0.2, 0) is 22.4 Å². The Morgan fingerprint density at radius 3 is 1.25 bits per heavy atom. The van der Waals surface area contributed by atoms with Crippen LogP contribution in [0, 0.1) is 11.8 Å². The molecule has 0 N–H and O–H groups in total. The Hall–Kier alpha value is 1.15. The van der Waals surface area contributed by atoms with Crippen LogP contribution >= 0.6 is 0 Å². The summed E-state index contributed by atoms with van der Waals surface area (Å²) in [4.78, 5) is 0. The molecule has 2 radical (unpaired) electrons. The van der Waals surface area contributed by atoms with Crippen molar-refractivity contribution in [3.63, 3.8) is 0 Å². The molecule has 3 heteroatoms. The first-order chi connectivity index (χ1) is 1.00.